The van der Waals surface area contributed by atoms with Crippen molar-refractivity contribution < 1.29 is 15.0 Å². The van der Waals surface area contributed by atoms with E-state index in [2.05, 4.69) is 5.32 Å². The summed E-state index contributed by atoms with van der Waals surface area (Å²) in [7, 11) is 0. The van der Waals surface area contributed by atoms with E-state index in [0.29, 0.717) is 5.69 Å². The standard InChI is InChI=1S/C12H16N2O3/c13-10-4-1-9(2-5-10)3-6-12(17)14-7-11(16)8-15/h1-6,11,15-16H,7-8,13H2,(H,14,17)/b6-3+. The molecule has 1 amide bonds. The fourth-order valence-corrected chi connectivity index (χ4v) is 1.12. The molecule has 0 heterocycles. The molecule has 0 bridgehead atoms. The van der Waals surface area contributed by atoms with E-state index < -0.39 is 6.10 Å². The van der Waals surface area contributed by atoms with Crippen LogP contribution in [-0.4, -0.2) is 35.4 Å². The summed E-state index contributed by atoms with van der Waals surface area (Å²) in [6.07, 6.45) is 2.07. The number of carbonyl (C=O) groups is 1. The minimum Gasteiger partial charge on any atom is -0.399 e. The molecule has 1 unspecified atom stereocenters. The molecule has 0 fully saturated rings. The number of aliphatic hydroxyl groups excluding tert-OH is 2. The molecule has 1 rings (SSSR count). The number of aliphatic hydroxyl groups is 2. The first-order chi connectivity index (χ1) is 8.11. The highest BCUT2D eigenvalue weighted by Gasteiger charge is 2.02. The number of hydrogen-bond donors (Lipinski definition) is 4. The molecular formula is C12H16N2O3. The largest absolute Gasteiger partial charge is 0.399 e. The van der Waals surface area contributed by atoms with Crippen LogP contribution in [-0.2, 0) is 4.79 Å². The maximum atomic E-state index is 11.3. The zero-order valence-corrected chi connectivity index (χ0v) is 9.34. The molecule has 0 aromatic heterocycles. The van der Waals surface area contributed by atoms with Crippen LogP contribution >= 0.6 is 0 Å². The highest BCUT2D eigenvalue weighted by atomic mass is 16.3. The molecule has 92 valence electrons. The van der Waals surface area contributed by atoms with Crippen molar-refractivity contribution in [2.24, 2.45) is 0 Å². The Morgan fingerprint density at radius 3 is 2.65 bits per heavy atom. The zero-order valence-electron chi connectivity index (χ0n) is 9.34. The maximum absolute atomic E-state index is 11.3. The predicted octanol–water partition coefficient (Wildman–Crippen LogP) is -0.249. The Hall–Kier alpha value is -1.85. The van der Waals surface area contributed by atoms with E-state index in [9.17, 15) is 4.79 Å². The summed E-state index contributed by atoms with van der Waals surface area (Å²) in [6.45, 7) is -0.344. The van der Waals surface area contributed by atoms with Gasteiger partial charge >= 0.3 is 0 Å². The topological polar surface area (TPSA) is 95.6 Å². The van der Waals surface area contributed by atoms with Gasteiger partial charge in [-0.05, 0) is 23.8 Å². The van der Waals surface area contributed by atoms with Crippen LogP contribution in [0.3, 0.4) is 0 Å². The van der Waals surface area contributed by atoms with E-state index in [4.69, 9.17) is 15.9 Å². The molecular weight excluding hydrogens is 220 g/mol. The van der Waals surface area contributed by atoms with Gasteiger partial charge in [-0.25, -0.2) is 0 Å². The number of carbonyl (C=O) groups excluding carboxylic acids is 1. The number of nitrogens with one attached hydrogen (secondary N) is 1. The van der Waals surface area contributed by atoms with E-state index in [0.717, 1.165) is 5.56 Å². The van der Waals surface area contributed by atoms with Crippen molar-refractivity contribution in [2.75, 3.05) is 18.9 Å². The number of amides is 1. The van der Waals surface area contributed by atoms with Gasteiger partial charge in [0.2, 0.25) is 5.91 Å². The Bertz CT molecular complexity index is 387. The molecule has 5 N–H and O–H groups in total. The molecule has 5 heteroatoms. The van der Waals surface area contributed by atoms with E-state index in [1.54, 1.807) is 30.3 Å². The fraction of sp³-hybridized carbons (Fsp3) is 0.250. The molecule has 1 atom stereocenters. The average Bonchev–Trinajstić information content (AvgIpc) is 2.35. The van der Waals surface area contributed by atoms with Gasteiger partial charge in [-0.1, -0.05) is 12.1 Å². The summed E-state index contributed by atoms with van der Waals surface area (Å²) >= 11 is 0. The fourth-order valence-electron chi connectivity index (χ4n) is 1.12. The minimum absolute atomic E-state index is 0.0292. The Morgan fingerprint density at radius 1 is 1.41 bits per heavy atom. The quantitative estimate of drug-likeness (QED) is 0.419. The number of benzene rings is 1. The van der Waals surface area contributed by atoms with Crippen molar-refractivity contribution in [3.8, 4) is 0 Å². The van der Waals surface area contributed by atoms with Crippen LogP contribution in [0.2, 0.25) is 0 Å². The highest BCUT2D eigenvalue weighted by Crippen LogP contribution is 2.06. The summed E-state index contributed by atoms with van der Waals surface area (Å²) < 4.78 is 0. The lowest BCUT2D eigenvalue weighted by atomic mass is 10.2. The normalized spacial score (nSPS) is 12.6. The van der Waals surface area contributed by atoms with Crippen molar-refractivity contribution in [3.63, 3.8) is 0 Å². The second-order valence-corrected chi connectivity index (χ2v) is 3.58. The van der Waals surface area contributed by atoms with Gasteiger partial charge in [0.1, 0.15) is 0 Å². The van der Waals surface area contributed by atoms with Gasteiger partial charge in [-0.3, -0.25) is 4.79 Å². The smallest absolute Gasteiger partial charge is 0.244 e. The van der Waals surface area contributed by atoms with Crippen LogP contribution in [0, 0.1) is 0 Å². The first-order valence-corrected chi connectivity index (χ1v) is 5.22. The van der Waals surface area contributed by atoms with Crippen LogP contribution in [0.25, 0.3) is 6.08 Å². The molecule has 0 saturated carbocycles. The first-order valence-electron chi connectivity index (χ1n) is 5.22. The lowest BCUT2D eigenvalue weighted by molar-refractivity contribution is -0.117. The average molecular weight is 236 g/mol. The van der Waals surface area contributed by atoms with E-state index in [1.165, 1.54) is 6.08 Å². The molecule has 1 aromatic rings. The van der Waals surface area contributed by atoms with Crippen molar-refractivity contribution in [1.82, 2.24) is 5.32 Å². The molecule has 17 heavy (non-hydrogen) atoms. The number of hydrogen-bond acceptors (Lipinski definition) is 4. The number of nitrogens with two attached hydrogens (primary N) is 1. The van der Waals surface area contributed by atoms with Gasteiger partial charge in [0, 0.05) is 18.3 Å². The lowest BCUT2D eigenvalue weighted by Crippen LogP contribution is -2.32. The van der Waals surface area contributed by atoms with Gasteiger partial charge in [0.15, 0.2) is 0 Å². The van der Waals surface area contributed by atoms with Crippen LogP contribution in [0.5, 0.6) is 0 Å². The molecule has 0 saturated heterocycles. The molecule has 0 aliphatic carbocycles. The number of nitrogen functional groups attached to an aromatic ring is 1. The van der Waals surface area contributed by atoms with Crippen molar-refractivity contribution in [3.05, 3.63) is 35.9 Å². The molecule has 0 aliphatic heterocycles. The van der Waals surface area contributed by atoms with Gasteiger partial charge in [-0.2, -0.15) is 0 Å². The second kappa shape index (κ2) is 6.67. The molecule has 0 spiro atoms. The van der Waals surface area contributed by atoms with Crippen LogP contribution in [0.4, 0.5) is 5.69 Å². The summed E-state index contributed by atoms with van der Waals surface area (Å²) in [5, 5.41) is 20.0. The molecule has 5 nitrogen and oxygen atoms in total. The summed E-state index contributed by atoms with van der Waals surface area (Å²) in [6, 6.07) is 7.07. The third-order valence-corrected chi connectivity index (χ3v) is 2.09. The van der Waals surface area contributed by atoms with E-state index >= 15 is 0 Å². The zero-order chi connectivity index (χ0) is 12.7. The van der Waals surface area contributed by atoms with Crippen LogP contribution in [0.15, 0.2) is 30.3 Å². The summed E-state index contributed by atoms with van der Waals surface area (Å²) in [5.74, 6) is -0.325. The highest BCUT2D eigenvalue weighted by molar-refractivity contribution is 5.91. The third kappa shape index (κ3) is 5.14. The van der Waals surface area contributed by atoms with Gasteiger partial charge < -0.3 is 21.3 Å². The number of anilines is 1. The summed E-state index contributed by atoms with van der Waals surface area (Å²) in [4.78, 5) is 11.3. The maximum Gasteiger partial charge on any atom is 0.244 e. The second-order valence-electron chi connectivity index (χ2n) is 3.58. The Labute approximate surface area is 99.6 Å². The molecule has 0 radical (unpaired) electrons. The minimum atomic E-state index is -0.927. The first kappa shape index (κ1) is 13.2. The van der Waals surface area contributed by atoms with Gasteiger partial charge in [0.25, 0.3) is 0 Å². The van der Waals surface area contributed by atoms with Crippen molar-refractivity contribution in [2.45, 2.75) is 6.10 Å². The third-order valence-electron chi connectivity index (χ3n) is 2.09. The van der Waals surface area contributed by atoms with Crippen molar-refractivity contribution >= 4 is 17.7 Å². The lowest BCUT2D eigenvalue weighted by Gasteiger charge is -2.06. The van der Waals surface area contributed by atoms with Gasteiger partial charge in [-0.15, -0.1) is 0 Å². The Morgan fingerprint density at radius 2 is 2.06 bits per heavy atom. The van der Waals surface area contributed by atoms with Crippen LogP contribution in [0.1, 0.15) is 5.56 Å². The Balaban J connectivity index is 2.42. The SMILES string of the molecule is Nc1ccc(/C=C/C(=O)NCC(O)CO)cc1. The molecule has 1 aromatic carbocycles. The van der Waals surface area contributed by atoms with E-state index in [-0.39, 0.29) is 19.1 Å². The van der Waals surface area contributed by atoms with E-state index in [1.807, 2.05) is 0 Å². The summed E-state index contributed by atoms with van der Waals surface area (Å²) in [5.41, 5.74) is 7.05. The number of rotatable bonds is 5. The van der Waals surface area contributed by atoms with Crippen LogP contribution < -0.4 is 11.1 Å². The Kier molecular flexibility index (Phi) is 5.19. The van der Waals surface area contributed by atoms with Gasteiger partial charge in [0.05, 0.1) is 12.7 Å². The monoisotopic (exact) mass is 236 g/mol. The van der Waals surface area contributed by atoms with Crippen molar-refractivity contribution in [1.29, 1.82) is 0 Å². The molecule has 0 aliphatic rings. The predicted molar refractivity (Wildman–Crippen MR) is 66.0 cm³/mol.